The number of hydrogen-bond acceptors (Lipinski definition) is 2. The van der Waals surface area contributed by atoms with Crippen LogP contribution in [0.4, 0.5) is 0 Å². The average Bonchev–Trinajstić information content (AvgIpc) is 2.52. The molecule has 2 N–H and O–H groups in total. The van der Waals surface area contributed by atoms with Gasteiger partial charge < -0.3 is 10.6 Å². The second-order valence-corrected chi connectivity index (χ2v) is 4.27. The Morgan fingerprint density at radius 1 is 1.62 bits per heavy atom. The first kappa shape index (κ1) is 10.7. The van der Waals surface area contributed by atoms with Crippen LogP contribution in [-0.2, 0) is 0 Å². The third-order valence-corrected chi connectivity index (χ3v) is 2.99. The van der Waals surface area contributed by atoms with Crippen LogP contribution < -0.4 is 5.73 Å². The van der Waals surface area contributed by atoms with Crippen molar-refractivity contribution in [1.82, 2.24) is 4.90 Å². The van der Waals surface area contributed by atoms with Crippen LogP contribution in [0.25, 0.3) is 0 Å². The zero-order valence-electron chi connectivity index (χ0n) is 8.92. The van der Waals surface area contributed by atoms with Gasteiger partial charge in [-0.25, -0.2) is 0 Å². The molecule has 1 rings (SSSR count). The maximum atomic E-state index is 5.52. The Balaban J connectivity index is 2.36. The summed E-state index contributed by atoms with van der Waals surface area (Å²) in [4.78, 5) is 2.52. The van der Waals surface area contributed by atoms with E-state index < -0.39 is 0 Å². The van der Waals surface area contributed by atoms with Gasteiger partial charge >= 0.3 is 0 Å². The van der Waals surface area contributed by atoms with Gasteiger partial charge in [-0.15, -0.1) is 0 Å². The number of nitrogens with two attached hydrogens (primary N) is 1. The fourth-order valence-electron chi connectivity index (χ4n) is 1.98. The third kappa shape index (κ3) is 2.82. The highest BCUT2D eigenvalue weighted by molar-refractivity contribution is 5.04. The molecule has 0 spiro atoms. The Hall–Kier alpha value is -0.340. The maximum absolute atomic E-state index is 5.52. The lowest BCUT2D eigenvalue weighted by Crippen LogP contribution is -2.28. The van der Waals surface area contributed by atoms with Crippen LogP contribution in [0, 0.1) is 5.92 Å². The first-order valence-corrected chi connectivity index (χ1v) is 5.27. The summed E-state index contributed by atoms with van der Waals surface area (Å²) in [6, 6.07) is 0.677. The lowest BCUT2D eigenvalue weighted by molar-refractivity contribution is 0.269. The SMILES string of the molecule is C=C(CCN)C1CCN(C(C)C)C1. The Labute approximate surface area is 81.8 Å². The van der Waals surface area contributed by atoms with E-state index >= 15 is 0 Å². The fourth-order valence-corrected chi connectivity index (χ4v) is 1.98. The first-order chi connectivity index (χ1) is 6.15. The molecule has 0 bridgehead atoms. The van der Waals surface area contributed by atoms with Crippen LogP contribution in [0.1, 0.15) is 26.7 Å². The van der Waals surface area contributed by atoms with E-state index in [4.69, 9.17) is 5.73 Å². The van der Waals surface area contributed by atoms with Crippen LogP contribution in [0.15, 0.2) is 12.2 Å². The zero-order valence-corrected chi connectivity index (χ0v) is 8.92. The minimum Gasteiger partial charge on any atom is -0.330 e. The molecule has 0 aromatic carbocycles. The van der Waals surface area contributed by atoms with Gasteiger partial charge in [0, 0.05) is 12.6 Å². The van der Waals surface area contributed by atoms with Crippen molar-refractivity contribution >= 4 is 0 Å². The number of rotatable bonds is 4. The summed E-state index contributed by atoms with van der Waals surface area (Å²) in [5, 5.41) is 0. The van der Waals surface area contributed by atoms with Gasteiger partial charge in [-0.1, -0.05) is 12.2 Å². The number of hydrogen-bond donors (Lipinski definition) is 1. The Morgan fingerprint density at radius 2 is 2.31 bits per heavy atom. The molecule has 1 saturated heterocycles. The van der Waals surface area contributed by atoms with Crippen molar-refractivity contribution in [3.63, 3.8) is 0 Å². The standard InChI is InChI=1S/C11H22N2/c1-9(2)13-7-5-11(8-13)10(3)4-6-12/h9,11H,3-8,12H2,1-2H3. The van der Waals surface area contributed by atoms with Gasteiger partial charge in [-0.2, -0.15) is 0 Å². The van der Waals surface area contributed by atoms with E-state index in [1.165, 1.54) is 25.1 Å². The summed E-state index contributed by atoms with van der Waals surface area (Å²) < 4.78 is 0. The van der Waals surface area contributed by atoms with Crippen molar-refractivity contribution in [3.05, 3.63) is 12.2 Å². The molecule has 0 aliphatic carbocycles. The molecule has 0 aromatic heterocycles. The van der Waals surface area contributed by atoms with Crippen LogP contribution >= 0.6 is 0 Å². The number of likely N-dealkylation sites (tertiary alicyclic amines) is 1. The summed E-state index contributed by atoms with van der Waals surface area (Å²) in [5.74, 6) is 0.700. The van der Waals surface area contributed by atoms with Crippen molar-refractivity contribution in [2.45, 2.75) is 32.7 Å². The van der Waals surface area contributed by atoms with Gasteiger partial charge in [-0.3, -0.25) is 0 Å². The topological polar surface area (TPSA) is 29.3 Å². The molecule has 1 heterocycles. The predicted octanol–water partition coefficient (Wildman–Crippen LogP) is 1.62. The van der Waals surface area contributed by atoms with Crippen LogP contribution in [0.3, 0.4) is 0 Å². The zero-order chi connectivity index (χ0) is 9.84. The molecule has 1 fully saturated rings. The minimum atomic E-state index is 0.677. The molecule has 1 unspecified atom stereocenters. The van der Waals surface area contributed by atoms with Crippen molar-refractivity contribution in [2.75, 3.05) is 19.6 Å². The van der Waals surface area contributed by atoms with Gasteiger partial charge in [-0.05, 0) is 45.7 Å². The molecule has 2 nitrogen and oxygen atoms in total. The van der Waals surface area contributed by atoms with Gasteiger partial charge in [0.2, 0.25) is 0 Å². The summed E-state index contributed by atoms with van der Waals surface area (Å²) >= 11 is 0. The van der Waals surface area contributed by atoms with E-state index in [0.717, 1.165) is 13.0 Å². The largest absolute Gasteiger partial charge is 0.330 e. The molecule has 1 aliphatic heterocycles. The molecule has 1 aliphatic rings. The molecule has 1 atom stereocenters. The monoisotopic (exact) mass is 182 g/mol. The summed E-state index contributed by atoms with van der Waals surface area (Å²) in [7, 11) is 0. The Bertz CT molecular complexity index is 175. The van der Waals surface area contributed by atoms with Gasteiger partial charge in [0.15, 0.2) is 0 Å². The lowest BCUT2D eigenvalue weighted by Gasteiger charge is -2.20. The predicted molar refractivity (Wildman–Crippen MR) is 57.6 cm³/mol. The highest BCUT2D eigenvalue weighted by Gasteiger charge is 2.25. The second-order valence-electron chi connectivity index (χ2n) is 4.27. The van der Waals surface area contributed by atoms with Crippen molar-refractivity contribution < 1.29 is 0 Å². The Kier molecular flexibility index (Phi) is 3.94. The number of nitrogens with zero attached hydrogens (tertiary/aromatic N) is 1. The van der Waals surface area contributed by atoms with E-state index in [-0.39, 0.29) is 0 Å². The van der Waals surface area contributed by atoms with E-state index in [1.807, 2.05) is 0 Å². The van der Waals surface area contributed by atoms with Crippen molar-refractivity contribution in [2.24, 2.45) is 11.7 Å². The summed E-state index contributed by atoms with van der Waals surface area (Å²) in [6.07, 6.45) is 2.27. The molecule has 13 heavy (non-hydrogen) atoms. The Morgan fingerprint density at radius 3 is 2.77 bits per heavy atom. The highest BCUT2D eigenvalue weighted by Crippen LogP contribution is 2.25. The van der Waals surface area contributed by atoms with Crippen LogP contribution in [-0.4, -0.2) is 30.6 Å². The summed E-state index contributed by atoms with van der Waals surface area (Å²) in [6.45, 7) is 11.8. The molecule has 0 amide bonds. The van der Waals surface area contributed by atoms with Crippen molar-refractivity contribution in [3.8, 4) is 0 Å². The molecule has 2 heteroatoms. The fraction of sp³-hybridized carbons (Fsp3) is 0.818. The minimum absolute atomic E-state index is 0.677. The van der Waals surface area contributed by atoms with Crippen molar-refractivity contribution in [1.29, 1.82) is 0 Å². The highest BCUT2D eigenvalue weighted by atomic mass is 15.2. The van der Waals surface area contributed by atoms with E-state index in [9.17, 15) is 0 Å². The van der Waals surface area contributed by atoms with Crippen LogP contribution in [0.2, 0.25) is 0 Å². The molecular formula is C11H22N2. The molecule has 0 saturated carbocycles. The second kappa shape index (κ2) is 4.77. The third-order valence-electron chi connectivity index (χ3n) is 2.99. The average molecular weight is 182 g/mol. The first-order valence-electron chi connectivity index (χ1n) is 5.27. The lowest BCUT2D eigenvalue weighted by atomic mass is 9.97. The van der Waals surface area contributed by atoms with E-state index in [2.05, 4.69) is 25.3 Å². The molecule has 0 radical (unpaired) electrons. The van der Waals surface area contributed by atoms with E-state index in [1.54, 1.807) is 0 Å². The molecular weight excluding hydrogens is 160 g/mol. The van der Waals surface area contributed by atoms with E-state index in [0.29, 0.717) is 12.0 Å². The van der Waals surface area contributed by atoms with Gasteiger partial charge in [0.05, 0.1) is 0 Å². The molecule has 0 aromatic rings. The van der Waals surface area contributed by atoms with Gasteiger partial charge in [0.1, 0.15) is 0 Å². The van der Waals surface area contributed by atoms with Gasteiger partial charge in [0.25, 0.3) is 0 Å². The quantitative estimate of drug-likeness (QED) is 0.669. The summed E-state index contributed by atoms with van der Waals surface area (Å²) in [5.41, 5.74) is 6.87. The smallest absolute Gasteiger partial charge is 0.00501 e. The van der Waals surface area contributed by atoms with Crippen LogP contribution in [0.5, 0.6) is 0 Å². The normalized spacial score (nSPS) is 24.2. The molecule has 76 valence electrons. The maximum Gasteiger partial charge on any atom is 0.00501 e.